The zero-order chi connectivity index (χ0) is 19.5. The number of ether oxygens (including phenoxy) is 3. The quantitative estimate of drug-likeness (QED) is 0.503. The molecular weight excluding hydrogens is 362 g/mol. The maximum Gasteiger partial charge on any atom is 0.320 e. The van der Waals surface area contributed by atoms with E-state index >= 15 is 0 Å². The first-order valence-corrected chi connectivity index (χ1v) is 10.9. The molecule has 2 heterocycles. The van der Waals surface area contributed by atoms with Crippen molar-refractivity contribution in [2.24, 2.45) is 23.7 Å². The van der Waals surface area contributed by atoms with Gasteiger partial charge in [0.25, 0.3) is 0 Å². The average Bonchev–Trinajstić information content (AvgIpc) is 3.36. The normalized spacial score (nSPS) is 40.2. The van der Waals surface area contributed by atoms with Gasteiger partial charge in [-0.15, -0.1) is 0 Å². The highest BCUT2D eigenvalue weighted by molar-refractivity contribution is 5.86. The zero-order valence-corrected chi connectivity index (χ0v) is 16.4. The Kier molecular flexibility index (Phi) is 4.41. The molecule has 5 aliphatic rings. The van der Waals surface area contributed by atoms with Gasteiger partial charge in [-0.2, -0.15) is 0 Å². The number of hydrogen-bond donors (Lipinski definition) is 0. The van der Waals surface area contributed by atoms with Crippen LogP contribution in [0, 0.1) is 23.7 Å². The molecule has 2 bridgehead atoms. The van der Waals surface area contributed by atoms with E-state index in [-0.39, 0.29) is 41.9 Å². The summed E-state index contributed by atoms with van der Waals surface area (Å²) < 4.78 is 17.4. The van der Waals surface area contributed by atoms with E-state index in [1.165, 1.54) is 0 Å². The Bertz CT molecular complexity index is 682. The monoisotopic (exact) mass is 391 g/mol. The van der Waals surface area contributed by atoms with E-state index in [1.807, 2.05) is 4.90 Å². The molecule has 0 aromatic carbocycles. The number of nitrogens with zero attached hydrogens (tertiary/aromatic N) is 1. The lowest BCUT2D eigenvalue weighted by atomic mass is 9.78. The molecule has 0 aromatic rings. The molecule has 154 valence electrons. The van der Waals surface area contributed by atoms with Crippen molar-refractivity contribution in [1.82, 2.24) is 4.90 Å². The van der Waals surface area contributed by atoms with Gasteiger partial charge in [0.05, 0.1) is 18.4 Å². The summed E-state index contributed by atoms with van der Waals surface area (Å²) in [4.78, 5) is 40.1. The molecule has 0 amide bonds. The first-order chi connectivity index (χ1) is 13.5. The molecule has 6 atom stereocenters. The van der Waals surface area contributed by atoms with Gasteiger partial charge in [-0.05, 0) is 58.0 Å². The van der Waals surface area contributed by atoms with Gasteiger partial charge >= 0.3 is 17.9 Å². The Morgan fingerprint density at radius 3 is 2.57 bits per heavy atom. The van der Waals surface area contributed by atoms with Crippen molar-refractivity contribution in [2.75, 3.05) is 19.6 Å². The second-order valence-electron chi connectivity index (χ2n) is 9.27. The second-order valence-corrected chi connectivity index (χ2v) is 9.27. The van der Waals surface area contributed by atoms with Crippen molar-refractivity contribution < 1.29 is 28.6 Å². The molecule has 3 saturated carbocycles. The van der Waals surface area contributed by atoms with Gasteiger partial charge in [0.1, 0.15) is 17.8 Å². The van der Waals surface area contributed by atoms with Crippen LogP contribution in [-0.4, -0.2) is 60.3 Å². The lowest BCUT2D eigenvalue weighted by molar-refractivity contribution is -0.175. The molecule has 7 nitrogen and oxygen atoms in total. The highest BCUT2D eigenvalue weighted by Gasteiger charge is 2.70. The fourth-order valence-corrected chi connectivity index (χ4v) is 6.21. The molecule has 6 unspecified atom stereocenters. The first kappa shape index (κ1) is 18.4. The number of hydrogen-bond acceptors (Lipinski definition) is 7. The van der Waals surface area contributed by atoms with Gasteiger partial charge in [-0.3, -0.25) is 19.3 Å². The van der Waals surface area contributed by atoms with E-state index in [0.717, 1.165) is 51.6 Å². The van der Waals surface area contributed by atoms with Crippen LogP contribution in [0.1, 0.15) is 51.9 Å². The smallest absolute Gasteiger partial charge is 0.320 e. The molecule has 0 spiro atoms. The van der Waals surface area contributed by atoms with Crippen molar-refractivity contribution >= 4 is 17.9 Å². The molecule has 2 saturated heterocycles. The topological polar surface area (TPSA) is 82.1 Å². The van der Waals surface area contributed by atoms with E-state index in [0.29, 0.717) is 6.42 Å². The molecule has 0 N–H and O–H groups in total. The van der Waals surface area contributed by atoms with Crippen LogP contribution < -0.4 is 0 Å². The minimum Gasteiger partial charge on any atom is -0.459 e. The molecule has 7 heteroatoms. The maximum atomic E-state index is 13.2. The van der Waals surface area contributed by atoms with E-state index in [1.54, 1.807) is 0 Å². The number of esters is 3. The van der Waals surface area contributed by atoms with Crippen LogP contribution in [-0.2, 0) is 28.6 Å². The minimum absolute atomic E-state index is 0.0296. The predicted molar refractivity (Wildman–Crippen MR) is 97.0 cm³/mol. The Labute approximate surface area is 165 Å². The van der Waals surface area contributed by atoms with Crippen LogP contribution >= 0.6 is 0 Å². The number of rotatable bonds is 6. The standard InChI is InChI=1S/C21H29NO6/c1-2-21(6-3-4-7-21)28-20(25)16-13-10-12-15(16)19(24)27-18(12)17(13)26-14(23)11-22-8-5-9-22/h12-13,15-18H,2-11H2,1H3. The molecule has 28 heavy (non-hydrogen) atoms. The summed E-state index contributed by atoms with van der Waals surface area (Å²) >= 11 is 0. The molecule has 2 aliphatic heterocycles. The average molecular weight is 391 g/mol. The van der Waals surface area contributed by atoms with Gasteiger partial charge in [0.2, 0.25) is 0 Å². The van der Waals surface area contributed by atoms with Crippen molar-refractivity contribution in [3.8, 4) is 0 Å². The van der Waals surface area contributed by atoms with Crippen molar-refractivity contribution in [3.63, 3.8) is 0 Å². The van der Waals surface area contributed by atoms with Crippen LogP contribution in [0.25, 0.3) is 0 Å². The van der Waals surface area contributed by atoms with Crippen LogP contribution in [0.3, 0.4) is 0 Å². The number of likely N-dealkylation sites (tertiary alicyclic amines) is 1. The summed E-state index contributed by atoms with van der Waals surface area (Å²) in [7, 11) is 0. The second kappa shape index (κ2) is 6.71. The molecular formula is C21H29NO6. The summed E-state index contributed by atoms with van der Waals surface area (Å²) in [6.07, 6.45) is 5.62. The number of carbonyl (C=O) groups excluding carboxylic acids is 3. The predicted octanol–water partition coefficient (Wildman–Crippen LogP) is 1.68. The molecule has 0 aromatic heterocycles. The summed E-state index contributed by atoms with van der Waals surface area (Å²) in [6, 6.07) is 0. The fourth-order valence-electron chi connectivity index (χ4n) is 6.21. The largest absolute Gasteiger partial charge is 0.459 e. The van der Waals surface area contributed by atoms with E-state index in [9.17, 15) is 14.4 Å². The van der Waals surface area contributed by atoms with E-state index in [2.05, 4.69) is 6.92 Å². The van der Waals surface area contributed by atoms with Gasteiger partial charge in [-0.25, -0.2) is 0 Å². The van der Waals surface area contributed by atoms with Gasteiger partial charge in [0.15, 0.2) is 0 Å². The SMILES string of the molecule is CCC1(OC(=O)C2C3CC4C(OC(=O)C42)C3OC(=O)CN2CCC2)CCCC1. The third kappa shape index (κ3) is 2.77. The summed E-state index contributed by atoms with van der Waals surface area (Å²) in [6.45, 7) is 4.16. The molecule has 0 radical (unpaired) electrons. The van der Waals surface area contributed by atoms with E-state index < -0.39 is 24.0 Å². The number of fused-ring (bicyclic) bond motifs is 1. The zero-order valence-electron chi connectivity index (χ0n) is 16.4. The maximum absolute atomic E-state index is 13.2. The van der Waals surface area contributed by atoms with Crippen molar-refractivity contribution in [2.45, 2.75) is 69.7 Å². The Hall–Kier alpha value is -1.63. The number of carbonyl (C=O) groups is 3. The minimum atomic E-state index is -0.540. The van der Waals surface area contributed by atoms with Crippen molar-refractivity contribution in [3.05, 3.63) is 0 Å². The third-order valence-corrected chi connectivity index (χ3v) is 7.86. The van der Waals surface area contributed by atoms with Crippen molar-refractivity contribution in [1.29, 1.82) is 0 Å². The Morgan fingerprint density at radius 2 is 1.93 bits per heavy atom. The first-order valence-electron chi connectivity index (χ1n) is 10.9. The molecule has 5 rings (SSSR count). The summed E-state index contributed by atoms with van der Waals surface area (Å²) in [5.74, 6) is -2.07. The summed E-state index contributed by atoms with van der Waals surface area (Å²) in [5, 5.41) is 0. The molecule has 3 aliphatic carbocycles. The Morgan fingerprint density at radius 1 is 1.18 bits per heavy atom. The summed E-state index contributed by atoms with van der Waals surface area (Å²) in [5.41, 5.74) is -0.384. The lowest BCUT2D eigenvalue weighted by Gasteiger charge is -2.35. The van der Waals surface area contributed by atoms with Gasteiger partial charge < -0.3 is 14.2 Å². The fraction of sp³-hybridized carbons (Fsp3) is 0.857. The van der Waals surface area contributed by atoms with Crippen LogP contribution in [0.5, 0.6) is 0 Å². The Balaban J connectivity index is 1.31. The third-order valence-electron chi connectivity index (χ3n) is 7.86. The highest BCUT2D eigenvalue weighted by atomic mass is 16.6. The van der Waals surface area contributed by atoms with Crippen LogP contribution in [0.2, 0.25) is 0 Å². The highest BCUT2D eigenvalue weighted by Crippen LogP contribution is 2.59. The van der Waals surface area contributed by atoms with Crippen LogP contribution in [0.15, 0.2) is 0 Å². The van der Waals surface area contributed by atoms with Crippen LogP contribution in [0.4, 0.5) is 0 Å². The lowest BCUT2D eigenvalue weighted by Crippen LogP contribution is -2.47. The van der Waals surface area contributed by atoms with E-state index in [4.69, 9.17) is 14.2 Å². The van der Waals surface area contributed by atoms with Gasteiger partial charge in [0, 0.05) is 11.8 Å². The van der Waals surface area contributed by atoms with Gasteiger partial charge in [-0.1, -0.05) is 6.92 Å². The molecule has 5 fully saturated rings.